The Morgan fingerprint density at radius 1 is 1.20 bits per heavy atom. The number of piperidine rings is 1. The molecule has 0 aromatic carbocycles. The second-order valence-electron chi connectivity index (χ2n) is 8.58. The Morgan fingerprint density at radius 2 is 1.97 bits per heavy atom. The van der Waals surface area contributed by atoms with Gasteiger partial charge in [0.05, 0.1) is 12.2 Å². The molecule has 30 heavy (non-hydrogen) atoms. The maximum atomic E-state index is 5.98. The lowest BCUT2D eigenvalue weighted by Crippen LogP contribution is -2.39. The molecule has 3 aromatic heterocycles. The van der Waals surface area contributed by atoms with Crippen LogP contribution in [0.1, 0.15) is 39.4 Å². The maximum absolute atomic E-state index is 5.98. The summed E-state index contributed by atoms with van der Waals surface area (Å²) in [5.41, 5.74) is 8.71. The lowest BCUT2D eigenvalue weighted by Gasteiger charge is -2.35. The zero-order valence-electron chi connectivity index (χ0n) is 17.6. The van der Waals surface area contributed by atoms with Crippen LogP contribution < -0.4 is 10.6 Å². The topological polar surface area (TPSA) is 108 Å². The Bertz CT molecular complexity index is 1130. The van der Waals surface area contributed by atoms with Crippen molar-refractivity contribution in [3.8, 4) is 11.4 Å². The molecule has 0 saturated carbocycles. The zero-order chi connectivity index (χ0) is 21.0. The van der Waals surface area contributed by atoms with Gasteiger partial charge in [-0.2, -0.15) is 0 Å². The first kappa shape index (κ1) is 18.9. The van der Waals surface area contributed by atoms with E-state index < -0.39 is 5.60 Å². The van der Waals surface area contributed by atoms with Crippen molar-refractivity contribution in [2.24, 2.45) is 0 Å². The number of fused-ring (bicyclic) bond motifs is 3. The van der Waals surface area contributed by atoms with E-state index in [9.17, 15) is 0 Å². The second kappa shape index (κ2) is 6.73. The highest BCUT2D eigenvalue weighted by atomic mass is 16.5. The summed E-state index contributed by atoms with van der Waals surface area (Å²) in [6.07, 6.45) is 5.39. The molecule has 1 saturated heterocycles. The molecule has 1 fully saturated rings. The van der Waals surface area contributed by atoms with Crippen molar-refractivity contribution in [1.29, 1.82) is 0 Å². The Labute approximate surface area is 175 Å². The zero-order valence-corrected chi connectivity index (χ0v) is 17.6. The number of nitrogens with two attached hydrogens (primary N) is 1. The fourth-order valence-electron chi connectivity index (χ4n) is 4.23. The van der Waals surface area contributed by atoms with Crippen molar-refractivity contribution in [1.82, 2.24) is 29.5 Å². The largest absolute Gasteiger partial charge is 0.368 e. The van der Waals surface area contributed by atoms with Crippen LogP contribution >= 0.6 is 0 Å². The molecule has 0 bridgehead atoms. The van der Waals surface area contributed by atoms with Gasteiger partial charge >= 0.3 is 0 Å². The Hall–Kier alpha value is -3.07. The van der Waals surface area contributed by atoms with Gasteiger partial charge in [0.15, 0.2) is 22.8 Å². The van der Waals surface area contributed by atoms with Gasteiger partial charge < -0.3 is 19.9 Å². The van der Waals surface area contributed by atoms with Gasteiger partial charge in [-0.25, -0.2) is 24.9 Å². The molecule has 5 heterocycles. The minimum absolute atomic E-state index is 0.224. The van der Waals surface area contributed by atoms with Crippen molar-refractivity contribution >= 4 is 22.9 Å². The molecule has 3 aromatic rings. The lowest BCUT2D eigenvalue weighted by atomic mass is 10.00. The van der Waals surface area contributed by atoms with E-state index in [1.165, 1.54) is 5.57 Å². The first-order valence-electron chi connectivity index (χ1n) is 10.3. The van der Waals surface area contributed by atoms with Gasteiger partial charge in [-0.1, -0.05) is 12.2 Å². The van der Waals surface area contributed by atoms with E-state index in [1.807, 2.05) is 13.8 Å². The molecule has 0 aliphatic carbocycles. The van der Waals surface area contributed by atoms with Crippen LogP contribution in [0.3, 0.4) is 0 Å². The molecule has 0 spiro atoms. The van der Waals surface area contributed by atoms with Crippen LogP contribution in [0.5, 0.6) is 0 Å². The highest BCUT2D eigenvalue weighted by molar-refractivity contribution is 5.87. The molecular formula is C21H26N8O. The summed E-state index contributed by atoms with van der Waals surface area (Å²) < 4.78 is 8.13. The molecule has 1 atom stereocenters. The second-order valence-corrected chi connectivity index (χ2v) is 8.58. The van der Waals surface area contributed by atoms with E-state index >= 15 is 0 Å². The van der Waals surface area contributed by atoms with Gasteiger partial charge in [0.1, 0.15) is 11.4 Å². The average molecular weight is 406 g/mol. The number of anilines is 2. The summed E-state index contributed by atoms with van der Waals surface area (Å²) in [6, 6.07) is 0.326. The standard InChI is InChI=1S/C21H26N8O/c1-12-5-6-13(2)29(11-12)18-15-17(28-7-8-30-21(3,4)19(28)25-15)26-16(27-18)14-9-23-20(22)24-10-14/h9-10,13H,1,5-8,11H2,2-4H3,(H2,22,23,24). The normalized spacial score (nSPS) is 21.1. The summed E-state index contributed by atoms with van der Waals surface area (Å²) in [4.78, 5) is 25.3. The molecule has 1 unspecified atom stereocenters. The number of aromatic nitrogens is 6. The summed E-state index contributed by atoms with van der Waals surface area (Å²) in [6.45, 7) is 12.6. The number of rotatable bonds is 2. The number of hydrogen-bond donors (Lipinski definition) is 1. The van der Waals surface area contributed by atoms with E-state index in [0.717, 1.165) is 47.8 Å². The Balaban J connectivity index is 1.77. The molecule has 2 aliphatic rings. The molecule has 2 aliphatic heterocycles. The first-order chi connectivity index (χ1) is 14.3. The van der Waals surface area contributed by atoms with Crippen molar-refractivity contribution in [3.63, 3.8) is 0 Å². The predicted octanol–water partition coefficient (Wildman–Crippen LogP) is 2.68. The van der Waals surface area contributed by atoms with Gasteiger partial charge in [0, 0.05) is 31.5 Å². The number of ether oxygens (including phenoxy) is 1. The molecule has 0 radical (unpaired) electrons. The molecule has 5 rings (SSSR count). The van der Waals surface area contributed by atoms with E-state index in [2.05, 4.69) is 32.9 Å². The van der Waals surface area contributed by atoms with Crippen molar-refractivity contribution in [3.05, 3.63) is 30.4 Å². The van der Waals surface area contributed by atoms with Gasteiger partial charge in [-0.05, 0) is 33.6 Å². The van der Waals surface area contributed by atoms with E-state index in [0.29, 0.717) is 25.0 Å². The van der Waals surface area contributed by atoms with Crippen LogP contribution in [-0.4, -0.2) is 48.7 Å². The summed E-state index contributed by atoms with van der Waals surface area (Å²) in [5.74, 6) is 2.47. The van der Waals surface area contributed by atoms with E-state index in [-0.39, 0.29) is 5.95 Å². The maximum Gasteiger partial charge on any atom is 0.219 e. The van der Waals surface area contributed by atoms with E-state index in [1.54, 1.807) is 12.4 Å². The van der Waals surface area contributed by atoms with Crippen LogP contribution in [0.25, 0.3) is 22.6 Å². The van der Waals surface area contributed by atoms with Crippen LogP contribution in [0, 0.1) is 0 Å². The fourth-order valence-corrected chi connectivity index (χ4v) is 4.23. The molecular weight excluding hydrogens is 380 g/mol. The number of imidazole rings is 1. The van der Waals surface area contributed by atoms with Gasteiger partial charge in [-0.3, -0.25) is 0 Å². The van der Waals surface area contributed by atoms with Crippen molar-refractivity contribution in [2.75, 3.05) is 23.8 Å². The monoisotopic (exact) mass is 406 g/mol. The fraction of sp³-hybridized carbons (Fsp3) is 0.476. The Morgan fingerprint density at radius 3 is 2.73 bits per heavy atom. The minimum atomic E-state index is -0.488. The summed E-state index contributed by atoms with van der Waals surface area (Å²) in [7, 11) is 0. The van der Waals surface area contributed by atoms with Crippen LogP contribution in [0.2, 0.25) is 0 Å². The molecule has 9 heteroatoms. The lowest BCUT2D eigenvalue weighted by molar-refractivity contribution is -0.0530. The van der Waals surface area contributed by atoms with Gasteiger partial charge in [0.25, 0.3) is 0 Å². The smallest absolute Gasteiger partial charge is 0.219 e. The van der Waals surface area contributed by atoms with Crippen LogP contribution in [0.4, 0.5) is 11.8 Å². The van der Waals surface area contributed by atoms with Crippen LogP contribution in [0.15, 0.2) is 24.5 Å². The van der Waals surface area contributed by atoms with Crippen molar-refractivity contribution < 1.29 is 4.74 Å². The Kier molecular flexibility index (Phi) is 4.25. The number of hydrogen-bond acceptors (Lipinski definition) is 8. The number of nitrogen functional groups attached to an aromatic ring is 1. The minimum Gasteiger partial charge on any atom is -0.368 e. The highest BCUT2D eigenvalue weighted by Gasteiger charge is 2.35. The third-order valence-electron chi connectivity index (χ3n) is 5.94. The predicted molar refractivity (Wildman–Crippen MR) is 115 cm³/mol. The molecule has 9 nitrogen and oxygen atoms in total. The van der Waals surface area contributed by atoms with Gasteiger partial charge in [0.2, 0.25) is 5.95 Å². The quantitative estimate of drug-likeness (QED) is 0.647. The van der Waals surface area contributed by atoms with Crippen molar-refractivity contribution in [2.45, 2.75) is 51.8 Å². The average Bonchev–Trinajstić information content (AvgIpc) is 3.10. The highest BCUT2D eigenvalue weighted by Crippen LogP contribution is 2.36. The number of nitrogens with zero attached hydrogens (tertiary/aromatic N) is 7. The molecule has 2 N–H and O–H groups in total. The molecule has 156 valence electrons. The van der Waals surface area contributed by atoms with Gasteiger partial charge in [-0.15, -0.1) is 0 Å². The summed E-state index contributed by atoms with van der Waals surface area (Å²) in [5, 5.41) is 0. The third-order valence-corrected chi connectivity index (χ3v) is 5.94. The SMILES string of the molecule is C=C1CCC(C)N(c2nc(-c3cnc(N)nc3)nc3c2nc2n3CCOC2(C)C)C1. The van der Waals surface area contributed by atoms with E-state index in [4.69, 9.17) is 25.4 Å². The first-order valence-corrected chi connectivity index (χ1v) is 10.3. The van der Waals surface area contributed by atoms with Crippen LogP contribution in [-0.2, 0) is 16.9 Å². The molecule has 0 amide bonds. The third kappa shape index (κ3) is 3.00. The summed E-state index contributed by atoms with van der Waals surface area (Å²) >= 11 is 0.